The molecular formula is C13H17NO3. The first-order valence-electron chi connectivity index (χ1n) is 5.94. The minimum atomic E-state index is -0.793. The molecule has 0 radical (unpaired) electrons. The van der Waals surface area contributed by atoms with Gasteiger partial charge >= 0.3 is 5.97 Å². The quantitative estimate of drug-likeness (QED) is 0.744. The monoisotopic (exact) mass is 235 g/mol. The lowest BCUT2D eigenvalue weighted by Crippen LogP contribution is -2.13. The van der Waals surface area contributed by atoms with Gasteiger partial charge in [0, 0.05) is 18.0 Å². The van der Waals surface area contributed by atoms with Gasteiger partial charge in [-0.05, 0) is 37.4 Å². The van der Waals surface area contributed by atoms with Crippen LogP contribution in [0.15, 0.2) is 18.2 Å². The fourth-order valence-electron chi connectivity index (χ4n) is 2.24. The lowest BCUT2D eigenvalue weighted by molar-refractivity contribution is -0.136. The molecule has 1 saturated heterocycles. The van der Waals surface area contributed by atoms with Gasteiger partial charge in [-0.25, -0.2) is 0 Å². The number of aryl methyl sites for hydroxylation is 1. The summed E-state index contributed by atoms with van der Waals surface area (Å²) < 4.78 is 0. The van der Waals surface area contributed by atoms with Crippen LogP contribution in [0.25, 0.3) is 0 Å². The molecule has 1 heterocycles. The van der Waals surface area contributed by atoms with E-state index >= 15 is 0 Å². The van der Waals surface area contributed by atoms with Crippen molar-refractivity contribution in [1.29, 1.82) is 0 Å². The zero-order valence-corrected chi connectivity index (χ0v) is 9.65. The predicted molar refractivity (Wildman–Crippen MR) is 64.0 cm³/mol. The molecule has 92 valence electrons. The third kappa shape index (κ3) is 2.97. The van der Waals surface area contributed by atoms with Crippen LogP contribution in [0.3, 0.4) is 0 Å². The Hall–Kier alpha value is -1.55. The summed E-state index contributed by atoms with van der Waals surface area (Å²) >= 11 is 0. The highest BCUT2D eigenvalue weighted by Gasteiger charge is 2.19. The van der Waals surface area contributed by atoms with Crippen molar-refractivity contribution in [2.24, 2.45) is 0 Å². The maximum absolute atomic E-state index is 10.5. The zero-order chi connectivity index (χ0) is 12.3. The van der Waals surface area contributed by atoms with Gasteiger partial charge in [-0.1, -0.05) is 12.1 Å². The number of rotatable bonds is 4. The molecule has 0 amide bonds. The normalized spacial score (nSPS) is 19.4. The average Bonchev–Trinajstić information content (AvgIpc) is 2.81. The molecule has 1 aromatic carbocycles. The number of benzene rings is 1. The Balaban J connectivity index is 2.13. The standard InChI is InChI=1S/C13H17NO3/c15-12-5-3-9(4-6-13(16)17)8-10(12)11-2-1-7-14-11/h3,5,8,11,14-15H,1-2,4,6-7H2,(H,16,17)/t11-/m1/s1. The van der Waals surface area contributed by atoms with Crippen LogP contribution in [0.5, 0.6) is 5.75 Å². The minimum absolute atomic E-state index is 0.127. The van der Waals surface area contributed by atoms with Crippen LogP contribution in [0.1, 0.15) is 36.4 Å². The fraction of sp³-hybridized carbons (Fsp3) is 0.462. The number of hydrogen-bond acceptors (Lipinski definition) is 3. The molecule has 1 fully saturated rings. The Bertz CT molecular complexity index is 411. The van der Waals surface area contributed by atoms with E-state index in [0.717, 1.165) is 30.5 Å². The molecule has 3 N–H and O–H groups in total. The Labute approximate surface area is 100 Å². The first-order valence-corrected chi connectivity index (χ1v) is 5.94. The van der Waals surface area contributed by atoms with Gasteiger partial charge < -0.3 is 15.5 Å². The van der Waals surface area contributed by atoms with E-state index in [4.69, 9.17) is 5.11 Å². The summed E-state index contributed by atoms with van der Waals surface area (Å²) in [7, 11) is 0. The van der Waals surface area contributed by atoms with E-state index in [9.17, 15) is 9.90 Å². The maximum Gasteiger partial charge on any atom is 0.303 e. The number of phenols is 1. The number of nitrogens with one attached hydrogen (secondary N) is 1. The van der Waals surface area contributed by atoms with Crippen LogP contribution in [-0.4, -0.2) is 22.7 Å². The van der Waals surface area contributed by atoms with Crippen molar-refractivity contribution in [3.8, 4) is 5.75 Å². The molecular weight excluding hydrogens is 218 g/mol. The SMILES string of the molecule is O=C(O)CCc1ccc(O)c([C@H]2CCCN2)c1. The summed E-state index contributed by atoms with van der Waals surface area (Å²) in [6.07, 6.45) is 2.77. The largest absolute Gasteiger partial charge is 0.508 e. The molecule has 0 spiro atoms. The lowest BCUT2D eigenvalue weighted by Gasteiger charge is -2.14. The van der Waals surface area contributed by atoms with E-state index < -0.39 is 5.97 Å². The number of carboxylic acid groups (broad SMARTS) is 1. The van der Waals surface area contributed by atoms with E-state index in [1.54, 1.807) is 12.1 Å². The molecule has 0 aliphatic carbocycles. The smallest absolute Gasteiger partial charge is 0.303 e. The summed E-state index contributed by atoms with van der Waals surface area (Å²) in [4.78, 5) is 10.5. The Morgan fingerprint density at radius 2 is 2.29 bits per heavy atom. The molecule has 17 heavy (non-hydrogen) atoms. The molecule has 4 heteroatoms. The molecule has 4 nitrogen and oxygen atoms in total. The number of aliphatic carboxylic acids is 1. The third-order valence-corrected chi connectivity index (χ3v) is 3.16. The van der Waals surface area contributed by atoms with Gasteiger partial charge in [0.25, 0.3) is 0 Å². The molecule has 0 saturated carbocycles. The summed E-state index contributed by atoms with van der Waals surface area (Å²) in [5, 5.41) is 21.8. The molecule has 0 unspecified atom stereocenters. The number of carboxylic acids is 1. The predicted octanol–water partition coefficient (Wildman–Crippen LogP) is 1.83. The van der Waals surface area contributed by atoms with Crippen molar-refractivity contribution >= 4 is 5.97 Å². The zero-order valence-electron chi connectivity index (χ0n) is 9.65. The molecule has 1 atom stereocenters. The average molecular weight is 235 g/mol. The number of aromatic hydroxyl groups is 1. The van der Waals surface area contributed by atoms with Gasteiger partial charge in [0.2, 0.25) is 0 Å². The summed E-state index contributed by atoms with van der Waals surface area (Å²) in [6.45, 7) is 0.976. The second-order valence-corrected chi connectivity index (χ2v) is 4.44. The van der Waals surface area contributed by atoms with Gasteiger partial charge in [-0.15, -0.1) is 0 Å². The molecule has 0 bridgehead atoms. The Morgan fingerprint density at radius 3 is 2.94 bits per heavy atom. The molecule has 1 aromatic rings. The van der Waals surface area contributed by atoms with Gasteiger partial charge in [-0.2, -0.15) is 0 Å². The highest BCUT2D eigenvalue weighted by molar-refractivity contribution is 5.67. The van der Waals surface area contributed by atoms with Crippen LogP contribution in [0.4, 0.5) is 0 Å². The fourth-order valence-corrected chi connectivity index (χ4v) is 2.24. The summed E-state index contributed by atoms with van der Waals surface area (Å²) in [5.41, 5.74) is 1.86. The number of carbonyl (C=O) groups is 1. The first-order chi connectivity index (χ1) is 8.16. The van der Waals surface area contributed by atoms with Crippen molar-refractivity contribution in [3.63, 3.8) is 0 Å². The Morgan fingerprint density at radius 1 is 1.47 bits per heavy atom. The van der Waals surface area contributed by atoms with E-state index in [0.29, 0.717) is 12.2 Å². The maximum atomic E-state index is 10.5. The summed E-state index contributed by atoms with van der Waals surface area (Å²) in [5.74, 6) is -0.498. The first kappa shape index (κ1) is 11.9. The van der Waals surface area contributed by atoms with Crippen molar-refractivity contribution < 1.29 is 15.0 Å². The molecule has 2 rings (SSSR count). The number of hydrogen-bond donors (Lipinski definition) is 3. The van der Waals surface area contributed by atoms with E-state index in [1.165, 1.54) is 0 Å². The second-order valence-electron chi connectivity index (χ2n) is 4.44. The van der Waals surface area contributed by atoms with Gasteiger partial charge in [0.15, 0.2) is 0 Å². The van der Waals surface area contributed by atoms with Crippen LogP contribution in [-0.2, 0) is 11.2 Å². The minimum Gasteiger partial charge on any atom is -0.508 e. The van der Waals surface area contributed by atoms with Crippen molar-refractivity contribution in [2.75, 3.05) is 6.54 Å². The van der Waals surface area contributed by atoms with E-state index in [2.05, 4.69) is 5.32 Å². The van der Waals surface area contributed by atoms with Crippen LogP contribution >= 0.6 is 0 Å². The molecule has 0 aromatic heterocycles. The Kier molecular flexibility index (Phi) is 3.64. The van der Waals surface area contributed by atoms with Crippen molar-refractivity contribution in [3.05, 3.63) is 29.3 Å². The van der Waals surface area contributed by atoms with Gasteiger partial charge in [0.1, 0.15) is 5.75 Å². The van der Waals surface area contributed by atoms with E-state index in [-0.39, 0.29) is 12.5 Å². The van der Waals surface area contributed by atoms with Gasteiger partial charge in [-0.3, -0.25) is 4.79 Å². The van der Waals surface area contributed by atoms with Crippen LogP contribution in [0.2, 0.25) is 0 Å². The van der Waals surface area contributed by atoms with Crippen LogP contribution in [0, 0.1) is 0 Å². The molecule has 1 aliphatic rings. The molecule has 1 aliphatic heterocycles. The van der Waals surface area contributed by atoms with Crippen molar-refractivity contribution in [1.82, 2.24) is 5.32 Å². The second kappa shape index (κ2) is 5.19. The number of phenolic OH excluding ortho intramolecular Hbond substituents is 1. The van der Waals surface area contributed by atoms with Gasteiger partial charge in [0.05, 0.1) is 0 Å². The highest BCUT2D eigenvalue weighted by Crippen LogP contribution is 2.31. The topological polar surface area (TPSA) is 69.6 Å². The van der Waals surface area contributed by atoms with E-state index in [1.807, 2.05) is 6.07 Å². The third-order valence-electron chi connectivity index (χ3n) is 3.16. The van der Waals surface area contributed by atoms with Crippen LogP contribution < -0.4 is 5.32 Å². The lowest BCUT2D eigenvalue weighted by atomic mass is 9.99. The highest BCUT2D eigenvalue weighted by atomic mass is 16.4. The summed E-state index contributed by atoms with van der Waals surface area (Å²) in [6, 6.07) is 5.57. The van der Waals surface area contributed by atoms with Crippen molar-refractivity contribution in [2.45, 2.75) is 31.7 Å².